The molecule has 0 saturated carbocycles. The van der Waals surface area contributed by atoms with Crippen molar-refractivity contribution in [2.24, 2.45) is 0 Å². The normalized spacial score (nSPS) is 11.3. The van der Waals surface area contributed by atoms with Crippen LogP contribution in [0.3, 0.4) is 0 Å². The summed E-state index contributed by atoms with van der Waals surface area (Å²) in [6.45, 7) is 17.8. The Balaban J connectivity index is 0.000000604. The van der Waals surface area contributed by atoms with E-state index in [4.69, 9.17) is 0 Å². The standard InChI is InChI=1S/C15H30N2O.C7H8O3S/c1-5-11-17(12-6-2,13-7-3)14-9-10-16-15(18)8-4;1-6-2-4-7(5-3-6)11(8,9)10/h8H,4-7,9-14H2,1-3H3;2-5H,1H3,(H,8,9,10). The van der Waals surface area contributed by atoms with Crippen molar-refractivity contribution >= 4 is 16.0 Å². The van der Waals surface area contributed by atoms with Crippen molar-refractivity contribution in [1.29, 1.82) is 0 Å². The summed E-state index contributed by atoms with van der Waals surface area (Å²) in [7, 11) is -4.27. The summed E-state index contributed by atoms with van der Waals surface area (Å²) < 4.78 is 32.4. The first kappa shape index (κ1) is 27.3. The van der Waals surface area contributed by atoms with E-state index in [2.05, 4.69) is 32.7 Å². The van der Waals surface area contributed by atoms with Crippen LogP contribution in [0.2, 0.25) is 0 Å². The van der Waals surface area contributed by atoms with Gasteiger partial charge in [0, 0.05) is 13.0 Å². The monoisotopic (exact) mass is 426 g/mol. The van der Waals surface area contributed by atoms with Gasteiger partial charge in [0.05, 0.1) is 31.1 Å². The highest BCUT2D eigenvalue weighted by Gasteiger charge is 2.23. The molecule has 7 heteroatoms. The summed E-state index contributed by atoms with van der Waals surface area (Å²) in [4.78, 5) is 10.9. The van der Waals surface area contributed by atoms with Gasteiger partial charge in [0.25, 0.3) is 0 Å². The Morgan fingerprint density at radius 1 is 1.03 bits per heavy atom. The van der Waals surface area contributed by atoms with E-state index in [1.807, 2.05) is 6.92 Å². The lowest BCUT2D eigenvalue weighted by Crippen LogP contribution is -2.51. The quantitative estimate of drug-likeness (QED) is 0.239. The maximum Gasteiger partial charge on any atom is 0.243 e. The van der Waals surface area contributed by atoms with Gasteiger partial charge in [0.1, 0.15) is 10.1 Å². The minimum absolute atomic E-state index is 0.0606. The molecule has 1 aromatic rings. The van der Waals surface area contributed by atoms with Gasteiger partial charge in [-0.2, -0.15) is 0 Å². The molecule has 0 bridgehead atoms. The largest absolute Gasteiger partial charge is 0.744 e. The van der Waals surface area contributed by atoms with Gasteiger partial charge < -0.3 is 14.4 Å². The number of carbonyl (C=O) groups is 1. The number of quaternary nitrogens is 1. The van der Waals surface area contributed by atoms with Crippen LogP contribution in [0.1, 0.15) is 52.0 Å². The number of nitrogens with zero attached hydrogens (tertiary/aromatic N) is 1. The number of hydrogen-bond acceptors (Lipinski definition) is 4. The molecule has 1 aromatic carbocycles. The Hall–Kier alpha value is -1.70. The maximum absolute atomic E-state index is 11.1. The van der Waals surface area contributed by atoms with Crippen molar-refractivity contribution < 1.29 is 22.2 Å². The van der Waals surface area contributed by atoms with E-state index in [9.17, 15) is 17.8 Å². The minimum Gasteiger partial charge on any atom is -0.744 e. The number of amides is 1. The number of aryl methyl sites for hydroxylation is 1. The molecule has 0 aliphatic heterocycles. The second-order valence-electron chi connectivity index (χ2n) is 7.35. The van der Waals surface area contributed by atoms with E-state index >= 15 is 0 Å². The zero-order chi connectivity index (χ0) is 22.3. The highest BCUT2D eigenvalue weighted by Crippen LogP contribution is 2.12. The molecular weight excluding hydrogens is 388 g/mol. The van der Waals surface area contributed by atoms with Crippen LogP contribution in [0.15, 0.2) is 41.8 Å². The van der Waals surface area contributed by atoms with Crippen molar-refractivity contribution in [3.8, 4) is 0 Å². The van der Waals surface area contributed by atoms with Gasteiger partial charge in [-0.15, -0.1) is 0 Å². The SMILES string of the molecule is C=CC(=O)NCCC[N+](CCC)(CCC)CCC.Cc1ccc(S(=O)(=O)[O-])cc1. The van der Waals surface area contributed by atoms with Gasteiger partial charge in [0.15, 0.2) is 0 Å². The lowest BCUT2D eigenvalue weighted by Gasteiger charge is -2.38. The average molecular weight is 427 g/mol. The molecule has 1 rings (SSSR count). The summed E-state index contributed by atoms with van der Waals surface area (Å²) in [6.07, 6.45) is 6.10. The Labute approximate surface area is 177 Å². The summed E-state index contributed by atoms with van der Waals surface area (Å²) in [5.41, 5.74) is 0.928. The van der Waals surface area contributed by atoms with Gasteiger partial charge in [-0.3, -0.25) is 4.79 Å². The predicted octanol–water partition coefficient (Wildman–Crippen LogP) is 3.62. The highest BCUT2D eigenvalue weighted by atomic mass is 32.2. The van der Waals surface area contributed by atoms with Crippen LogP contribution < -0.4 is 5.32 Å². The van der Waals surface area contributed by atoms with Crippen LogP contribution in [0, 0.1) is 6.92 Å². The Morgan fingerprint density at radius 2 is 1.52 bits per heavy atom. The molecule has 166 valence electrons. The van der Waals surface area contributed by atoms with Crippen LogP contribution in [0.25, 0.3) is 0 Å². The van der Waals surface area contributed by atoms with Crippen LogP contribution in [0.4, 0.5) is 0 Å². The molecule has 0 aliphatic carbocycles. The van der Waals surface area contributed by atoms with E-state index in [1.165, 1.54) is 68.1 Å². The van der Waals surface area contributed by atoms with Crippen molar-refractivity contribution in [3.63, 3.8) is 0 Å². The van der Waals surface area contributed by atoms with Crippen molar-refractivity contribution in [3.05, 3.63) is 42.5 Å². The second kappa shape index (κ2) is 14.3. The third-order valence-corrected chi connectivity index (χ3v) is 5.55. The number of benzene rings is 1. The lowest BCUT2D eigenvalue weighted by molar-refractivity contribution is -0.928. The molecule has 29 heavy (non-hydrogen) atoms. The predicted molar refractivity (Wildman–Crippen MR) is 118 cm³/mol. The average Bonchev–Trinajstić information content (AvgIpc) is 2.66. The van der Waals surface area contributed by atoms with Crippen LogP contribution >= 0.6 is 0 Å². The lowest BCUT2D eigenvalue weighted by atomic mass is 10.2. The molecule has 0 aromatic heterocycles. The molecule has 0 radical (unpaired) electrons. The molecule has 0 unspecified atom stereocenters. The first-order chi connectivity index (χ1) is 13.6. The van der Waals surface area contributed by atoms with Gasteiger partial charge in [-0.1, -0.05) is 45.0 Å². The molecule has 0 aliphatic rings. The Bertz CT molecular complexity index is 683. The topological polar surface area (TPSA) is 86.3 Å². The third kappa shape index (κ3) is 11.8. The fourth-order valence-electron chi connectivity index (χ4n) is 3.50. The van der Waals surface area contributed by atoms with E-state index in [-0.39, 0.29) is 10.8 Å². The molecule has 0 fully saturated rings. The fraction of sp³-hybridized carbons (Fsp3) is 0.591. The zero-order valence-electron chi connectivity index (χ0n) is 18.4. The maximum atomic E-state index is 11.1. The summed E-state index contributed by atoms with van der Waals surface area (Å²) in [5.74, 6) is -0.0606. The van der Waals surface area contributed by atoms with E-state index in [0.717, 1.165) is 18.5 Å². The summed E-state index contributed by atoms with van der Waals surface area (Å²) in [5, 5.41) is 2.86. The molecule has 0 saturated heterocycles. The smallest absolute Gasteiger partial charge is 0.243 e. The fourth-order valence-corrected chi connectivity index (χ4v) is 3.97. The summed E-state index contributed by atoms with van der Waals surface area (Å²) in [6, 6.07) is 5.78. The van der Waals surface area contributed by atoms with Gasteiger partial charge in [-0.05, 0) is 44.4 Å². The van der Waals surface area contributed by atoms with E-state index in [0.29, 0.717) is 0 Å². The summed E-state index contributed by atoms with van der Waals surface area (Å²) >= 11 is 0. The Kier molecular flexibility index (Phi) is 13.5. The van der Waals surface area contributed by atoms with Crippen molar-refractivity contribution in [2.75, 3.05) is 32.7 Å². The van der Waals surface area contributed by atoms with Crippen LogP contribution in [-0.2, 0) is 14.9 Å². The second-order valence-corrected chi connectivity index (χ2v) is 8.73. The first-order valence-electron chi connectivity index (χ1n) is 10.4. The van der Waals surface area contributed by atoms with Crippen LogP contribution in [-0.4, -0.2) is 56.1 Å². The highest BCUT2D eigenvalue weighted by molar-refractivity contribution is 7.85. The molecule has 1 N–H and O–H groups in total. The van der Waals surface area contributed by atoms with E-state index < -0.39 is 10.1 Å². The minimum atomic E-state index is -4.27. The van der Waals surface area contributed by atoms with E-state index in [1.54, 1.807) is 12.1 Å². The number of hydrogen-bond donors (Lipinski definition) is 1. The van der Waals surface area contributed by atoms with Gasteiger partial charge >= 0.3 is 0 Å². The molecule has 0 atom stereocenters. The molecule has 1 amide bonds. The molecule has 0 heterocycles. The van der Waals surface area contributed by atoms with Gasteiger partial charge in [0.2, 0.25) is 5.91 Å². The van der Waals surface area contributed by atoms with Crippen LogP contribution in [0.5, 0.6) is 0 Å². The first-order valence-corrected chi connectivity index (χ1v) is 11.8. The van der Waals surface area contributed by atoms with Crippen molar-refractivity contribution in [1.82, 2.24) is 5.32 Å². The zero-order valence-corrected chi connectivity index (χ0v) is 19.3. The molecule has 6 nitrogen and oxygen atoms in total. The van der Waals surface area contributed by atoms with Crippen molar-refractivity contribution in [2.45, 2.75) is 58.3 Å². The Morgan fingerprint density at radius 3 is 1.90 bits per heavy atom. The molecular formula is C22H38N2O4S. The van der Waals surface area contributed by atoms with Gasteiger partial charge in [-0.25, -0.2) is 8.42 Å². The third-order valence-electron chi connectivity index (χ3n) is 4.70. The molecule has 0 spiro atoms. The number of nitrogens with one attached hydrogen (secondary N) is 1. The number of rotatable bonds is 12. The number of carbonyl (C=O) groups excluding carboxylic acids is 1.